The van der Waals surface area contributed by atoms with Gasteiger partial charge in [-0.25, -0.2) is 0 Å². The second kappa shape index (κ2) is 6.77. The lowest BCUT2D eigenvalue weighted by Gasteiger charge is -2.04. The van der Waals surface area contributed by atoms with Gasteiger partial charge >= 0.3 is 7.40 Å². The minimum Gasteiger partial charge on any atom is -0.399 e. The summed E-state index contributed by atoms with van der Waals surface area (Å²) in [5.74, 6) is 0. The molecule has 0 amide bonds. The van der Waals surface area contributed by atoms with Gasteiger partial charge in [0.2, 0.25) is 0 Å². The van der Waals surface area contributed by atoms with E-state index in [0.717, 1.165) is 14.5 Å². The first-order valence-corrected chi connectivity index (χ1v) is 6.83. The fourth-order valence-electron chi connectivity index (χ4n) is 1.43. The lowest BCUT2D eigenvalue weighted by molar-refractivity contribution is 0.624. The second-order valence-electron chi connectivity index (χ2n) is 3.82. The highest BCUT2D eigenvalue weighted by Gasteiger charge is 2.20. The van der Waals surface area contributed by atoms with Gasteiger partial charge in [-0.3, -0.25) is 8.63 Å². The van der Waals surface area contributed by atoms with Crippen molar-refractivity contribution in [3.05, 3.63) is 53.5 Å². The van der Waals surface area contributed by atoms with Crippen molar-refractivity contribution in [2.45, 2.75) is 6.92 Å². The summed E-state index contributed by atoms with van der Waals surface area (Å²) in [6.07, 6.45) is 4.97. The predicted octanol–water partition coefficient (Wildman–Crippen LogP) is 3.42. The molecule has 6 heteroatoms. The summed E-state index contributed by atoms with van der Waals surface area (Å²) >= 11 is 2.19. The minimum absolute atomic E-state index is 0.393. The van der Waals surface area contributed by atoms with Crippen molar-refractivity contribution in [2.24, 2.45) is 5.73 Å². The van der Waals surface area contributed by atoms with Crippen LogP contribution in [0, 0.1) is 6.92 Å². The zero-order chi connectivity index (χ0) is 13.7. The van der Waals surface area contributed by atoms with E-state index in [9.17, 15) is 8.63 Å². The first-order chi connectivity index (χ1) is 8.45. The van der Waals surface area contributed by atoms with Crippen molar-refractivity contribution in [1.29, 1.82) is 0 Å². The second-order valence-corrected chi connectivity index (χ2v) is 4.58. The molecule has 0 unspecified atom stereocenters. The van der Waals surface area contributed by atoms with Gasteiger partial charge in [0.25, 0.3) is 0 Å². The molecule has 0 fully saturated rings. The van der Waals surface area contributed by atoms with E-state index in [1.165, 1.54) is 6.08 Å². The van der Waals surface area contributed by atoms with Crippen LogP contribution in [-0.4, -0.2) is 16.3 Å². The quantitative estimate of drug-likeness (QED) is 0.370. The number of aryl methyl sites for hydroxylation is 1. The molecule has 18 heavy (non-hydrogen) atoms. The van der Waals surface area contributed by atoms with Crippen LogP contribution in [0.4, 0.5) is 8.63 Å². The molecular formula is C12H14BF2IN2. The Kier molecular flexibility index (Phi) is 5.65. The van der Waals surface area contributed by atoms with Crippen LogP contribution in [0.2, 0.25) is 0 Å². The molecule has 0 aliphatic rings. The Bertz CT molecular complexity index is 492. The summed E-state index contributed by atoms with van der Waals surface area (Å²) in [5, 5.41) is 0. The molecule has 96 valence electrons. The van der Waals surface area contributed by atoms with Crippen molar-refractivity contribution in [3.8, 4) is 0 Å². The molecular weight excluding hydrogens is 348 g/mol. The summed E-state index contributed by atoms with van der Waals surface area (Å²) < 4.78 is 27.3. The van der Waals surface area contributed by atoms with E-state index in [-0.39, 0.29) is 0 Å². The van der Waals surface area contributed by atoms with Crippen LogP contribution in [0.3, 0.4) is 0 Å². The van der Waals surface area contributed by atoms with Crippen LogP contribution in [-0.2, 0) is 0 Å². The normalized spacial score (nSPS) is 12.1. The van der Waals surface area contributed by atoms with Crippen LogP contribution in [0.15, 0.2) is 42.1 Å². The fraction of sp³-hybridized carbons (Fsp3) is 0.167. The molecule has 0 atom stereocenters. The number of rotatable bonds is 5. The largest absolute Gasteiger partial charge is 0.677 e. The number of alkyl halides is 1. The summed E-state index contributed by atoms with van der Waals surface area (Å²) in [5.41, 5.74) is 8.00. The van der Waals surface area contributed by atoms with Crippen molar-refractivity contribution in [2.75, 3.05) is 4.43 Å². The van der Waals surface area contributed by atoms with Gasteiger partial charge in [-0.1, -0.05) is 35.2 Å². The van der Waals surface area contributed by atoms with Crippen molar-refractivity contribution < 1.29 is 8.63 Å². The van der Waals surface area contributed by atoms with E-state index in [0.29, 0.717) is 17.1 Å². The Hall–Kier alpha value is -1.05. The molecule has 0 aromatic carbocycles. The van der Waals surface area contributed by atoms with Gasteiger partial charge in [0.1, 0.15) is 0 Å². The average molecular weight is 362 g/mol. The number of hydrogen-bond acceptors (Lipinski definition) is 1. The molecule has 0 saturated heterocycles. The highest BCUT2D eigenvalue weighted by atomic mass is 127. The van der Waals surface area contributed by atoms with Crippen LogP contribution >= 0.6 is 22.6 Å². The summed E-state index contributed by atoms with van der Waals surface area (Å²) in [6, 6.07) is 3.26. The molecule has 0 saturated carbocycles. The van der Waals surface area contributed by atoms with E-state index < -0.39 is 7.40 Å². The zero-order valence-electron chi connectivity index (χ0n) is 10.0. The number of halogens is 3. The smallest absolute Gasteiger partial charge is 0.399 e. The number of allylic oxidation sites excluding steroid dienone is 3. The molecule has 0 spiro atoms. The van der Waals surface area contributed by atoms with Gasteiger partial charge < -0.3 is 10.2 Å². The van der Waals surface area contributed by atoms with Crippen molar-refractivity contribution in [3.63, 3.8) is 0 Å². The molecule has 0 bridgehead atoms. The Morgan fingerprint density at radius 2 is 2.17 bits per heavy atom. The molecule has 0 aliphatic carbocycles. The summed E-state index contributed by atoms with van der Waals surface area (Å²) in [6.45, 7) is 5.43. The Labute approximate surface area is 120 Å². The highest BCUT2D eigenvalue weighted by Crippen LogP contribution is 2.14. The van der Waals surface area contributed by atoms with Crippen LogP contribution in [0.5, 0.6) is 0 Å². The molecule has 0 aliphatic heterocycles. The van der Waals surface area contributed by atoms with E-state index in [1.807, 2.05) is 0 Å². The molecule has 2 N–H and O–H groups in total. The van der Waals surface area contributed by atoms with Gasteiger partial charge in [-0.15, -0.1) is 0 Å². The lowest BCUT2D eigenvalue weighted by atomic mass is 10.2. The number of nitrogens with two attached hydrogens (primary N) is 1. The van der Waals surface area contributed by atoms with E-state index in [4.69, 9.17) is 5.73 Å². The Balaban J connectivity index is 2.96. The van der Waals surface area contributed by atoms with Gasteiger partial charge in [-0.2, -0.15) is 0 Å². The standard InChI is InChI=1S/C12H14BF2IN2/c1-9(8-16)3-5-11(17)7-12-6-4-10(2)18(12)13(14)15/h3-7H,1,8,17H2,2H3/b5-3-,11-7-. The molecule has 1 aromatic rings. The number of hydrogen-bond donors (Lipinski definition) is 1. The fourth-order valence-corrected chi connectivity index (χ4v) is 1.69. The Morgan fingerprint density at radius 3 is 2.72 bits per heavy atom. The first-order valence-electron chi connectivity index (χ1n) is 5.30. The van der Waals surface area contributed by atoms with Crippen molar-refractivity contribution in [1.82, 2.24) is 4.48 Å². The first kappa shape index (κ1) is 15.0. The maximum absolute atomic E-state index is 12.8. The average Bonchev–Trinajstić information content (AvgIpc) is 2.67. The monoisotopic (exact) mass is 362 g/mol. The SMILES string of the molecule is C=C(/C=C\C(N)=C\c1ccc(C)n1B(F)F)CI. The van der Waals surface area contributed by atoms with E-state index in [1.54, 1.807) is 31.2 Å². The zero-order valence-corrected chi connectivity index (χ0v) is 12.2. The van der Waals surface area contributed by atoms with E-state index in [2.05, 4.69) is 29.2 Å². The highest BCUT2D eigenvalue weighted by molar-refractivity contribution is 14.1. The van der Waals surface area contributed by atoms with Crippen LogP contribution in [0.25, 0.3) is 6.08 Å². The number of nitrogens with zero attached hydrogens (tertiary/aromatic N) is 1. The van der Waals surface area contributed by atoms with Gasteiger partial charge in [0.15, 0.2) is 0 Å². The third kappa shape index (κ3) is 4.01. The molecule has 1 heterocycles. The lowest BCUT2D eigenvalue weighted by Crippen LogP contribution is -2.16. The maximum Gasteiger partial charge on any atom is 0.677 e. The number of aromatic nitrogens is 1. The van der Waals surface area contributed by atoms with Crippen LogP contribution < -0.4 is 5.73 Å². The van der Waals surface area contributed by atoms with Gasteiger partial charge in [-0.05, 0) is 36.8 Å². The maximum atomic E-state index is 12.8. The van der Waals surface area contributed by atoms with Gasteiger partial charge in [0.05, 0.1) is 0 Å². The molecule has 1 rings (SSSR count). The Morgan fingerprint density at radius 1 is 1.50 bits per heavy atom. The molecule has 1 aromatic heterocycles. The van der Waals surface area contributed by atoms with Gasteiger partial charge in [0, 0.05) is 21.5 Å². The van der Waals surface area contributed by atoms with Crippen LogP contribution in [0.1, 0.15) is 11.4 Å². The van der Waals surface area contributed by atoms with E-state index >= 15 is 0 Å². The third-order valence-electron chi connectivity index (χ3n) is 2.35. The third-order valence-corrected chi connectivity index (χ3v) is 3.33. The minimum atomic E-state index is -2.56. The molecule has 2 nitrogen and oxygen atoms in total. The van der Waals surface area contributed by atoms with Crippen molar-refractivity contribution >= 4 is 36.1 Å². The topological polar surface area (TPSA) is 30.9 Å². The molecule has 0 radical (unpaired) electrons. The summed E-state index contributed by atoms with van der Waals surface area (Å²) in [4.78, 5) is 0. The summed E-state index contributed by atoms with van der Waals surface area (Å²) in [7, 11) is -2.56. The predicted molar refractivity (Wildman–Crippen MR) is 81.9 cm³/mol.